The van der Waals surface area contributed by atoms with Crippen molar-refractivity contribution in [2.75, 3.05) is 40.9 Å². The highest BCUT2D eigenvalue weighted by atomic mass is 127. The molecule has 418 valence electrons. The van der Waals surface area contributed by atoms with Crippen LogP contribution in [0.15, 0.2) is 54.7 Å². The van der Waals surface area contributed by atoms with Gasteiger partial charge in [-0.25, -0.2) is 0 Å². The van der Waals surface area contributed by atoms with Gasteiger partial charge in [-0.1, -0.05) is 43.3 Å². The number of likely N-dealkylation sites (N-methyl/N-ethyl adjacent to an activating group) is 2. The lowest BCUT2D eigenvalue weighted by Gasteiger charge is -2.49. The summed E-state index contributed by atoms with van der Waals surface area (Å²) in [4.78, 5) is 18.3. The van der Waals surface area contributed by atoms with Crippen molar-refractivity contribution in [2.45, 2.75) is 189 Å². The highest BCUT2D eigenvalue weighted by Crippen LogP contribution is 2.40. The zero-order valence-corrected chi connectivity index (χ0v) is 47.9. The fourth-order valence-corrected chi connectivity index (χ4v) is 11.6. The van der Waals surface area contributed by atoms with Gasteiger partial charge in [0.1, 0.15) is 29.7 Å². The van der Waals surface area contributed by atoms with E-state index < -0.39 is 100 Å². The third-order valence-electron chi connectivity index (χ3n) is 15.8. The van der Waals surface area contributed by atoms with E-state index in [1.807, 2.05) is 105 Å². The standard InChI is InChI=1S/C55H83IN6O13/c1-32-27-53(7,67)49(34(3)46(73-44-28-54(8,69-12)48(65)37(6)72-44)35(4)50(66)75-52(56)55(9,68)47(64)36(5)61(11)30-32)74-51-45(63)43(26-33(2)71-51)60(10)24-22-41-31-62(59-58-41)23-13-25-70-42-20-18-40(19-21-42)39-16-14-38(29-57)15-17-39/h14-21,31-37,43-49,51-52,63-65,67-68H,13,22-28,30H2,1-12H3/t32-,33-,34+,35-,36-,37+,43+,44+,45-,46+,47-,48+,49-,51+,52+,53-,54-,55+/m1/s1. The maximum absolute atomic E-state index is 14.3. The van der Waals surface area contributed by atoms with Crippen LogP contribution in [0.1, 0.15) is 99.3 Å². The summed E-state index contributed by atoms with van der Waals surface area (Å²) in [5.41, 5.74) is -1.09. The predicted molar refractivity (Wildman–Crippen MR) is 287 cm³/mol. The Balaban J connectivity index is 1.16. The maximum atomic E-state index is 14.3. The lowest BCUT2D eigenvalue weighted by Crippen LogP contribution is -2.60. The molecule has 3 aliphatic heterocycles. The van der Waals surface area contributed by atoms with Crippen LogP contribution < -0.4 is 4.74 Å². The van der Waals surface area contributed by atoms with Gasteiger partial charge in [-0.2, -0.15) is 5.26 Å². The predicted octanol–water partition coefficient (Wildman–Crippen LogP) is 5.10. The Labute approximate surface area is 456 Å². The number of benzene rings is 2. The Bertz CT molecular complexity index is 2320. The second-order valence-electron chi connectivity index (χ2n) is 22.2. The lowest BCUT2D eigenvalue weighted by molar-refractivity contribution is -0.318. The Hall–Kier alpha value is -3.41. The van der Waals surface area contributed by atoms with Crippen molar-refractivity contribution in [2.24, 2.45) is 17.8 Å². The molecule has 75 heavy (non-hydrogen) atoms. The van der Waals surface area contributed by atoms with Crippen molar-refractivity contribution in [3.63, 3.8) is 0 Å². The van der Waals surface area contributed by atoms with Gasteiger partial charge in [0.2, 0.25) is 0 Å². The molecular weight excluding hydrogens is 1080 g/mol. The van der Waals surface area contributed by atoms with E-state index in [-0.39, 0.29) is 24.9 Å². The number of carbonyl (C=O) groups is 1. The van der Waals surface area contributed by atoms with Gasteiger partial charge >= 0.3 is 5.97 Å². The van der Waals surface area contributed by atoms with Crippen molar-refractivity contribution >= 4 is 28.6 Å². The number of rotatable bonds is 15. The average Bonchev–Trinajstić information content (AvgIpc) is 3.84. The molecule has 0 amide bonds. The van der Waals surface area contributed by atoms with E-state index in [1.54, 1.807) is 51.4 Å². The first-order valence-electron chi connectivity index (χ1n) is 26.3. The summed E-state index contributed by atoms with van der Waals surface area (Å²) in [6, 6.07) is 16.5. The number of cyclic esters (lactones) is 1. The number of halogens is 1. The minimum Gasteiger partial charge on any atom is -0.494 e. The molecule has 0 bridgehead atoms. The lowest BCUT2D eigenvalue weighted by atomic mass is 9.77. The molecule has 6 rings (SSSR count). The van der Waals surface area contributed by atoms with Crippen LogP contribution in [0.25, 0.3) is 11.1 Å². The van der Waals surface area contributed by atoms with Crippen LogP contribution in [0.2, 0.25) is 0 Å². The molecule has 3 fully saturated rings. The number of esters is 1. The van der Waals surface area contributed by atoms with E-state index in [1.165, 1.54) is 14.0 Å². The van der Waals surface area contributed by atoms with Gasteiger partial charge in [-0.3, -0.25) is 9.48 Å². The van der Waals surface area contributed by atoms with Crippen LogP contribution in [-0.4, -0.2) is 186 Å². The first-order valence-corrected chi connectivity index (χ1v) is 27.6. The number of aryl methyl sites for hydroxylation is 1. The fourth-order valence-electron chi connectivity index (χ4n) is 11.0. The van der Waals surface area contributed by atoms with Gasteiger partial charge < -0.3 is 68.5 Å². The second kappa shape index (κ2) is 26.0. The van der Waals surface area contributed by atoms with Crippen LogP contribution in [-0.2, 0) is 46.2 Å². The van der Waals surface area contributed by atoms with E-state index in [0.717, 1.165) is 22.6 Å². The first-order chi connectivity index (χ1) is 35.3. The summed E-state index contributed by atoms with van der Waals surface area (Å²) in [6.45, 7) is 17.7. The van der Waals surface area contributed by atoms with Crippen LogP contribution >= 0.6 is 22.6 Å². The molecule has 0 saturated carbocycles. The minimum atomic E-state index is -1.86. The van der Waals surface area contributed by atoms with Crippen LogP contribution in [0.5, 0.6) is 5.75 Å². The number of ether oxygens (including phenoxy) is 7. The zero-order valence-electron chi connectivity index (χ0n) is 45.8. The molecule has 3 aliphatic rings. The highest BCUT2D eigenvalue weighted by Gasteiger charge is 2.53. The molecule has 1 aromatic heterocycles. The SMILES string of the molecule is CO[C@]1(C)C[C@H](O[C@H]2[C@H](C)[C@@H](O[C@@H]3O[C@H](C)C[C@H](N(C)CCc4cn(CCCOc5ccc(-c6ccc(C#N)cc6)cc5)nn4)[C@H]3O)[C@](C)(O)C[C@@H](C)CN(C)[C@H](C)[C@@H](O)[C@](C)(O)[C@@H](I)OC(=O)[C@@H]2C)O[C@@H](C)[C@@H]1O. The molecule has 2 aromatic carbocycles. The van der Waals surface area contributed by atoms with E-state index in [9.17, 15) is 30.3 Å². The molecule has 3 saturated heterocycles. The van der Waals surface area contributed by atoms with E-state index in [2.05, 4.69) is 21.3 Å². The molecule has 0 radical (unpaired) electrons. The largest absolute Gasteiger partial charge is 0.494 e. The average molecular weight is 1160 g/mol. The topological polar surface area (TPSA) is 244 Å². The summed E-state index contributed by atoms with van der Waals surface area (Å²) in [7, 11) is 5.26. The number of aliphatic hydroxyl groups is 5. The third kappa shape index (κ3) is 15.0. The summed E-state index contributed by atoms with van der Waals surface area (Å²) < 4.78 is 44.7. The molecule has 5 N–H and O–H groups in total. The van der Waals surface area contributed by atoms with E-state index in [4.69, 9.17) is 38.4 Å². The van der Waals surface area contributed by atoms with Gasteiger partial charge in [0, 0.05) is 70.2 Å². The van der Waals surface area contributed by atoms with E-state index >= 15 is 0 Å². The molecular formula is C55H83IN6O13. The Morgan fingerprint density at radius 1 is 0.933 bits per heavy atom. The molecule has 0 aliphatic carbocycles. The van der Waals surface area contributed by atoms with Crippen LogP contribution in [0, 0.1) is 29.1 Å². The molecule has 0 unspecified atom stereocenters. The quantitative estimate of drug-likeness (QED) is 0.0576. The number of alkyl halides is 1. The van der Waals surface area contributed by atoms with Crippen LogP contribution in [0.3, 0.4) is 0 Å². The second-order valence-corrected chi connectivity index (χ2v) is 23.4. The number of hydrogen-bond donors (Lipinski definition) is 5. The van der Waals surface area contributed by atoms with Gasteiger partial charge in [-0.05, 0) is 139 Å². The van der Waals surface area contributed by atoms with Crippen molar-refractivity contribution in [3.05, 3.63) is 66.0 Å². The smallest absolute Gasteiger partial charge is 0.312 e. The zero-order chi connectivity index (χ0) is 55.2. The van der Waals surface area contributed by atoms with Crippen LogP contribution in [0.4, 0.5) is 0 Å². The first kappa shape index (κ1) is 60.8. The normalized spacial score (nSPS) is 37.8. The molecule has 3 aromatic rings. The van der Waals surface area contributed by atoms with Gasteiger partial charge in [-0.15, -0.1) is 5.10 Å². The van der Waals surface area contributed by atoms with Crippen molar-refractivity contribution in [3.8, 4) is 22.9 Å². The summed E-state index contributed by atoms with van der Waals surface area (Å²) in [5.74, 6) is -2.06. The van der Waals surface area contributed by atoms with Gasteiger partial charge in [0.15, 0.2) is 16.7 Å². The molecule has 0 spiro atoms. The number of methoxy groups -OCH3 is 1. The summed E-state index contributed by atoms with van der Waals surface area (Å²) in [5, 5.41) is 77.2. The number of aliphatic hydroxyl groups excluding tert-OH is 3. The number of hydrogen-bond acceptors (Lipinski definition) is 18. The number of nitriles is 1. The minimum absolute atomic E-state index is 0.0972. The number of carbonyl (C=O) groups excluding carboxylic acids is 1. The van der Waals surface area contributed by atoms with E-state index in [0.29, 0.717) is 51.1 Å². The molecule has 18 atom stereocenters. The third-order valence-corrected chi connectivity index (χ3v) is 17.3. The van der Waals surface area contributed by atoms with Gasteiger partial charge in [0.05, 0.1) is 65.5 Å². The monoisotopic (exact) mass is 1160 g/mol. The summed E-state index contributed by atoms with van der Waals surface area (Å²) >= 11 is 1.83. The Kier molecular flexibility index (Phi) is 21.1. The number of aromatic nitrogens is 3. The maximum Gasteiger partial charge on any atom is 0.312 e. The molecule has 4 heterocycles. The number of nitrogens with zero attached hydrogens (tertiary/aromatic N) is 6. The highest BCUT2D eigenvalue weighted by molar-refractivity contribution is 14.1. The van der Waals surface area contributed by atoms with Gasteiger partial charge in [0.25, 0.3) is 0 Å². The molecule has 20 heteroatoms. The fraction of sp³-hybridized carbons (Fsp3) is 0.709. The molecule has 19 nitrogen and oxygen atoms in total. The van der Waals surface area contributed by atoms with Crippen molar-refractivity contribution in [1.29, 1.82) is 5.26 Å². The Morgan fingerprint density at radius 3 is 2.23 bits per heavy atom. The Morgan fingerprint density at radius 2 is 1.59 bits per heavy atom. The van der Waals surface area contributed by atoms with Crippen molar-refractivity contribution in [1.82, 2.24) is 24.8 Å². The summed E-state index contributed by atoms with van der Waals surface area (Å²) in [6.07, 6.45) is -5.01. The van der Waals surface area contributed by atoms with Crippen molar-refractivity contribution < 1.29 is 63.5 Å².